The van der Waals surface area contributed by atoms with Gasteiger partial charge in [0.25, 0.3) is 6.43 Å². The highest BCUT2D eigenvalue weighted by atomic mass is 19.3. The van der Waals surface area contributed by atoms with Gasteiger partial charge in [-0.15, -0.1) is 0 Å². The molecule has 0 aliphatic carbocycles. The first-order chi connectivity index (χ1) is 15.4. The van der Waals surface area contributed by atoms with Gasteiger partial charge in [0.05, 0.1) is 17.2 Å². The lowest BCUT2D eigenvalue weighted by Gasteiger charge is -2.23. The molecule has 0 unspecified atom stereocenters. The number of amides is 1. The quantitative estimate of drug-likeness (QED) is 0.547. The third-order valence-electron chi connectivity index (χ3n) is 4.40. The fraction of sp³-hybridized carbons (Fsp3) is 0.381. The smallest absolute Gasteiger partial charge is 0.408 e. The number of anilines is 2. The van der Waals surface area contributed by atoms with Gasteiger partial charge in [-0.2, -0.15) is 10.1 Å². The van der Waals surface area contributed by atoms with Crippen molar-refractivity contribution >= 4 is 17.9 Å². The van der Waals surface area contributed by atoms with Gasteiger partial charge in [-0.1, -0.05) is 6.07 Å². The lowest BCUT2D eigenvalue weighted by atomic mass is 9.97. The summed E-state index contributed by atoms with van der Waals surface area (Å²) in [5, 5.41) is 9.41. The number of nitrogens with one attached hydrogen (secondary N) is 2. The van der Waals surface area contributed by atoms with Gasteiger partial charge < -0.3 is 15.4 Å². The summed E-state index contributed by atoms with van der Waals surface area (Å²) in [5.41, 5.74) is -1.94. The molecule has 0 bridgehead atoms. The van der Waals surface area contributed by atoms with Crippen molar-refractivity contribution in [3.05, 3.63) is 47.7 Å². The molecule has 2 heterocycles. The Morgan fingerprint density at radius 1 is 1.18 bits per heavy atom. The Hall–Kier alpha value is -3.70. The summed E-state index contributed by atoms with van der Waals surface area (Å²) in [4.78, 5) is 24.0. The van der Waals surface area contributed by atoms with Crippen molar-refractivity contribution < 1.29 is 22.7 Å². The SMILES string of the molecule is C[C@@H](NC(=O)OC(C)(C)C)c1ccc(-c2ncnc(Nc3ccn(C)n3)n2)c(F)c1C(F)F. The standard InChI is InChI=1S/C21H24F3N7O2/c1-11(27-20(32)33-21(2,3)4)12-6-7-13(16(22)15(12)17(23)24)18-25-10-26-19(29-18)28-14-8-9-31(5)30-14/h6-11,17H,1-5H3,(H,27,32)(H,25,26,28,29,30)/t11-/m1/s1. The Morgan fingerprint density at radius 2 is 1.91 bits per heavy atom. The molecule has 0 aliphatic rings. The van der Waals surface area contributed by atoms with Crippen LogP contribution in [0.15, 0.2) is 30.7 Å². The molecule has 12 heteroatoms. The summed E-state index contributed by atoms with van der Waals surface area (Å²) < 4.78 is 49.7. The lowest BCUT2D eigenvalue weighted by molar-refractivity contribution is 0.0505. The molecule has 2 aromatic heterocycles. The molecule has 9 nitrogen and oxygen atoms in total. The number of aromatic nitrogens is 5. The van der Waals surface area contributed by atoms with E-state index in [0.717, 1.165) is 6.33 Å². The molecule has 2 N–H and O–H groups in total. The molecular formula is C21H24F3N7O2. The number of aryl methyl sites for hydroxylation is 1. The molecule has 1 aromatic carbocycles. The molecule has 0 saturated carbocycles. The van der Waals surface area contributed by atoms with Crippen molar-refractivity contribution in [3.63, 3.8) is 0 Å². The monoisotopic (exact) mass is 463 g/mol. The van der Waals surface area contributed by atoms with Crippen molar-refractivity contribution in [1.29, 1.82) is 0 Å². The number of alkyl carbamates (subject to hydrolysis) is 1. The van der Waals surface area contributed by atoms with Gasteiger partial charge in [-0.25, -0.2) is 27.9 Å². The maximum Gasteiger partial charge on any atom is 0.408 e. The Balaban J connectivity index is 1.91. The normalized spacial score (nSPS) is 12.5. The van der Waals surface area contributed by atoms with E-state index in [4.69, 9.17) is 4.74 Å². The van der Waals surface area contributed by atoms with Gasteiger partial charge >= 0.3 is 6.09 Å². The molecular weight excluding hydrogens is 439 g/mol. The Labute approximate surface area is 188 Å². The van der Waals surface area contributed by atoms with Crippen LogP contribution in [0.2, 0.25) is 0 Å². The minimum atomic E-state index is -3.14. The zero-order chi connectivity index (χ0) is 24.3. The lowest BCUT2D eigenvalue weighted by Crippen LogP contribution is -2.34. The van der Waals surface area contributed by atoms with E-state index in [1.54, 1.807) is 44.8 Å². The van der Waals surface area contributed by atoms with Gasteiger partial charge in [-0.05, 0) is 39.3 Å². The number of hydrogen-bond donors (Lipinski definition) is 2. The highest BCUT2D eigenvalue weighted by molar-refractivity contribution is 5.69. The van der Waals surface area contributed by atoms with Gasteiger partial charge in [0.15, 0.2) is 11.6 Å². The average molecular weight is 463 g/mol. The van der Waals surface area contributed by atoms with E-state index in [9.17, 15) is 13.6 Å². The van der Waals surface area contributed by atoms with Crippen LogP contribution in [0, 0.1) is 5.82 Å². The summed E-state index contributed by atoms with van der Waals surface area (Å²) in [6, 6.07) is 3.32. The van der Waals surface area contributed by atoms with Gasteiger partial charge in [0.2, 0.25) is 5.95 Å². The Morgan fingerprint density at radius 3 is 2.52 bits per heavy atom. The highest BCUT2D eigenvalue weighted by Gasteiger charge is 2.27. The minimum Gasteiger partial charge on any atom is -0.444 e. The largest absolute Gasteiger partial charge is 0.444 e. The number of halogens is 3. The number of alkyl halides is 2. The second-order valence-corrected chi connectivity index (χ2v) is 8.23. The van der Waals surface area contributed by atoms with Crippen LogP contribution in [-0.2, 0) is 11.8 Å². The van der Waals surface area contributed by atoms with E-state index in [1.807, 2.05) is 0 Å². The number of hydrogen-bond acceptors (Lipinski definition) is 7. The molecule has 0 radical (unpaired) electrons. The summed E-state index contributed by atoms with van der Waals surface area (Å²) in [6.07, 6.45) is -1.11. The molecule has 176 valence electrons. The Bertz CT molecular complexity index is 1150. The predicted molar refractivity (Wildman–Crippen MR) is 114 cm³/mol. The number of rotatable bonds is 6. The molecule has 3 rings (SSSR count). The fourth-order valence-corrected chi connectivity index (χ4v) is 3.02. The topological polar surface area (TPSA) is 107 Å². The van der Waals surface area contributed by atoms with Crippen molar-refractivity contribution in [2.24, 2.45) is 7.05 Å². The van der Waals surface area contributed by atoms with E-state index < -0.39 is 35.5 Å². The second kappa shape index (κ2) is 9.43. The van der Waals surface area contributed by atoms with E-state index in [1.165, 1.54) is 19.1 Å². The van der Waals surface area contributed by atoms with Crippen LogP contribution in [0.25, 0.3) is 11.4 Å². The summed E-state index contributed by atoms with van der Waals surface area (Å²) in [6.45, 7) is 6.47. The Kier molecular flexibility index (Phi) is 6.84. The first-order valence-corrected chi connectivity index (χ1v) is 10.0. The molecule has 0 spiro atoms. The molecule has 1 amide bonds. The summed E-state index contributed by atoms with van der Waals surface area (Å²) in [5.74, 6) is -0.807. The highest BCUT2D eigenvalue weighted by Crippen LogP contribution is 2.35. The van der Waals surface area contributed by atoms with Crippen LogP contribution in [0.1, 0.15) is 51.3 Å². The number of nitrogens with zero attached hydrogens (tertiary/aromatic N) is 5. The molecule has 33 heavy (non-hydrogen) atoms. The number of carbonyl (C=O) groups is 1. The van der Waals surface area contributed by atoms with Crippen LogP contribution in [0.4, 0.5) is 29.7 Å². The van der Waals surface area contributed by atoms with Crippen LogP contribution in [0.5, 0.6) is 0 Å². The maximum absolute atomic E-state index is 15.2. The molecule has 3 aromatic rings. The van der Waals surface area contributed by atoms with Crippen LogP contribution >= 0.6 is 0 Å². The van der Waals surface area contributed by atoms with E-state index in [-0.39, 0.29) is 22.9 Å². The van der Waals surface area contributed by atoms with Crippen molar-refractivity contribution in [1.82, 2.24) is 30.0 Å². The second-order valence-electron chi connectivity index (χ2n) is 8.23. The average Bonchev–Trinajstić information content (AvgIpc) is 3.10. The van der Waals surface area contributed by atoms with Crippen molar-refractivity contribution in [2.75, 3.05) is 5.32 Å². The maximum atomic E-state index is 15.2. The number of benzene rings is 1. The summed E-state index contributed by atoms with van der Waals surface area (Å²) >= 11 is 0. The predicted octanol–water partition coefficient (Wildman–Crippen LogP) is 4.68. The van der Waals surface area contributed by atoms with E-state index >= 15 is 4.39 Å². The van der Waals surface area contributed by atoms with Crippen molar-refractivity contribution in [2.45, 2.75) is 45.8 Å². The zero-order valence-electron chi connectivity index (χ0n) is 18.7. The van der Waals surface area contributed by atoms with E-state index in [0.29, 0.717) is 5.82 Å². The molecule has 0 aliphatic heterocycles. The first-order valence-electron chi connectivity index (χ1n) is 10.0. The third kappa shape index (κ3) is 5.96. The van der Waals surface area contributed by atoms with Crippen LogP contribution in [0.3, 0.4) is 0 Å². The first kappa shape index (κ1) is 24.0. The molecule has 0 saturated heterocycles. The van der Waals surface area contributed by atoms with Gasteiger partial charge in [-0.3, -0.25) is 4.68 Å². The minimum absolute atomic E-state index is 0.0701. The van der Waals surface area contributed by atoms with Crippen LogP contribution < -0.4 is 10.6 Å². The van der Waals surface area contributed by atoms with Gasteiger partial charge in [0, 0.05) is 19.3 Å². The zero-order valence-corrected chi connectivity index (χ0v) is 18.7. The fourth-order valence-electron chi connectivity index (χ4n) is 3.02. The molecule has 0 fully saturated rings. The third-order valence-corrected chi connectivity index (χ3v) is 4.40. The number of carbonyl (C=O) groups excluding carboxylic acids is 1. The van der Waals surface area contributed by atoms with E-state index in [2.05, 4.69) is 30.7 Å². The van der Waals surface area contributed by atoms with Crippen molar-refractivity contribution in [3.8, 4) is 11.4 Å². The van der Waals surface area contributed by atoms with Crippen LogP contribution in [-0.4, -0.2) is 36.4 Å². The summed E-state index contributed by atoms with van der Waals surface area (Å²) in [7, 11) is 1.73. The van der Waals surface area contributed by atoms with Gasteiger partial charge in [0.1, 0.15) is 17.7 Å². The molecule has 1 atom stereocenters. The number of ether oxygens (including phenoxy) is 1.